The van der Waals surface area contributed by atoms with Crippen LogP contribution in [0, 0.1) is 0 Å². The van der Waals surface area contributed by atoms with Gasteiger partial charge in [-0.3, -0.25) is 4.79 Å². The molecular weight excluding hydrogens is 273 g/mol. The summed E-state index contributed by atoms with van der Waals surface area (Å²) in [5.41, 5.74) is 0.835. The number of hydrogen-bond donors (Lipinski definition) is 0. The molecule has 100 valence electrons. The Labute approximate surface area is 118 Å². The van der Waals surface area contributed by atoms with Gasteiger partial charge < -0.3 is 9.64 Å². The molecule has 0 aliphatic carbocycles. The summed E-state index contributed by atoms with van der Waals surface area (Å²) in [4.78, 5) is 13.5. The van der Waals surface area contributed by atoms with Gasteiger partial charge in [0.2, 0.25) is 0 Å². The smallest absolute Gasteiger partial charge is 0.307 e. The highest BCUT2D eigenvalue weighted by atomic mass is 35.5. The molecular formula is C13H17Cl2NO2. The second kappa shape index (κ2) is 6.98. The predicted octanol–water partition coefficient (Wildman–Crippen LogP) is 3.55. The number of rotatable bonds is 5. The first-order valence-electron chi connectivity index (χ1n) is 5.73. The van der Waals surface area contributed by atoms with E-state index in [0.717, 1.165) is 5.56 Å². The molecule has 0 saturated carbocycles. The van der Waals surface area contributed by atoms with Crippen LogP contribution in [-0.4, -0.2) is 31.6 Å². The van der Waals surface area contributed by atoms with E-state index in [4.69, 9.17) is 27.9 Å². The molecule has 0 radical (unpaired) electrons. The normalized spacial score (nSPS) is 12.6. The molecule has 1 atom stereocenters. The van der Waals surface area contributed by atoms with Gasteiger partial charge in [-0.05, 0) is 32.6 Å². The van der Waals surface area contributed by atoms with E-state index >= 15 is 0 Å². The molecule has 0 aliphatic rings. The second-order valence-corrected chi connectivity index (χ2v) is 4.92. The molecule has 5 heteroatoms. The second-order valence-electron chi connectivity index (χ2n) is 4.13. The van der Waals surface area contributed by atoms with Gasteiger partial charge in [0.15, 0.2) is 0 Å². The number of halogens is 2. The number of carbonyl (C=O) groups is 1. The van der Waals surface area contributed by atoms with E-state index in [1.165, 1.54) is 0 Å². The molecule has 0 bridgehead atoms. The predicted molar refractivity (Wildman–Crippen MR) is 74.1 cm³/mol. The maximum atomic E-state index is 11.6. The van der Waals surface area contributed by atoms with Crippen molar-refractivity contribution >= 4 is 29.2 Å². The van der Waals surface area contributed by atoms with Crippen molar-refractivity contribution < 1.29 is 9.53 Å². The topological polar surface area (TPSA) is 29.5 Å². The Morgan fingerprint density at radius 3 is 2.61 bits per heavy atom. The van der Waals surface area contributed by atoms with Crippen LogP contribution in [0.4, 0.5) is 0 Å². The Hall–Kier alpha value is -0.770. The third-order valence-electron chi connectivity index (χ3n) is 2.63. The summed E-state index contributed by atoms with van der Waals surface area (Å²) in [6.07, 6.45) is 0.251. The molecule has 0 amide bonds. The molecule has 3 nitrogen and oxygen atoms in total. The number of hydrogen-bond acceptors (Lipinski definition) is 3. The van der Waals surface area contributed by atoms with Crippen molar-refractivity contribution in [3.05, 3.63) is 33.8 Å². The molecule has 1 aromatic carbocycles. The van der Waals surface area contributed by atoms with Crippen LogP contribution in [0.3, 0.4) is 0 Å². The Kier molecular flexibility index (Phi) is 5.93. The molecule has 1 aromatic rings. The molecule has 0 heterocycles. The highest BCUT2D eigenvalue weighted by Gasteiger charge is 2.22. The molecule has 0 fully saturated rings. The van der Waals surface area contributed by atoms with E-state index in [1.807, 2.05) is 31.1 Å². The summed E-state index contributed by atoms with van der Waals surface area (Å²) in [7, 11) is 3.78. The standard InChI is InChI=1S/C13H17Cl2NO2/c1-4-18-12(17)8-11(16(2)3)9-6-5-7-10(14)13(9)15/h5-7,11H,4,8H2,1-3H3. The minimum Gasteiger partial charge on any atom is -0.466 e. The summed E-state index contributed by atoms with van der Waals surface area (Å²) >= 11 is 12.2. The van der Waals surface area contributed by atoms with Gasteiger partial charge in [-0.25, -0.2) is 0 Å². The fourth-order valence-electron chi connectivity index (χ4n) is 1.73. The van der Waals surface area contributed by atoms with Gasteiger partial charge in [0, 0.05) is 6.04 Å². The average Bonchev–Trinajstić information content (AvgIpc) is 2.30. The molecule has 0 saturated heterocycles. The number of benzene rings is 1. The average molecular weight is 290 g/mol. The minimum atomic E-state index is -0.243. The Morgan fingerprint density at radius 1 is 1.39 bits per heavy atom. The van der Waals surface area contributed by atoms with Gasteiger partial charge in [-0.15, -0.1) is 0 Å². The lowest BCUT2D eigenvalue weighted by Crippen LogP contribution is -2.24. The van der Waals surface area contributed by atoms with Gasteiger partial charge >= 0.3 is 5.97 Å². The highest BCUT2D eigenvalue weighted by molar-refractivity contribution is 6.42. The monoisotopic (exact) mass is 289 g/mol. The quantitative estimate of drug-likeness (QED) is 0.777. The number of ether oxygens (including phenoxy) is 1. The number of esters is 1. The summed E-state index contributed by atoms with van der Waals surface area (Å²) in [5, 5.41) is 0.979. The molecule has 0 aromatic heterocycles. The van der Waals surface area contributed by atoms with Crippen LogP contribution < -0.4 is 0 Å². The van der Waals surface area contributed by atoms with Gasteiger partial charge in [0.05, 0.1) is 23.1 Å². The zero-order valence-corrected chi connectivity index (χ0v) is 12.3. The first-order valence-corrected chi connectivity index (χ1v) is 6.49. The van der Waals surface area contributed by atoms with Crippen LogP contribution >= 0.6 is 23.2 Å². The highest BCUT2D eigenvalue weighted by Crippen LogP contribution is 2.33. The van der Waals surface area contributed by atoms with E-state index in [9.17, 15) is 4.79 Å². The van der Waals surface area contributed by atoms with Crippen molar-refractivity contribution in [1.82, 2.24) is 4.90 Å². The first kappa shape index (κ1) is 15.3. The third-order valence-corrected chi connectivity index (χ3v) is 3.46. The Morgan fingerprint density at radius 2 is 2.06 bits per heavy atom. The summed E-state index contributed by atoms with van der Waals surface area (Å²) < 4.78 is 4.97. The summed E-state index contributed by atoms with van der Waals surface area (Å²) in [6, 6.07) is 5.28. The molecule has 0 N–H and O–H groups in total. The van der Waals surface area contributed by atoms with Gasteiger partial charge in [-0.1, -0.05) is 35.3 Å². The molecule has 1 rings (SSSR count). The van der Waals surface area contributed by atoms with Crippen molar-refractivity contribution in [2.75, 3.05) is 20.7 Å². The SMILES string of the molecule is CCOC(=O)CC(c1cccc(Cl)c1Cl)N(C)C. The minimum absolute atomic E-state index is 0.143. The largest absolute Gasteiger partial charge is 0.466 e. The lowest BCUT2D eigenvalue weighted by atomic mass is 10.0. The van der Waals surface area contributed by atoms with Crippen molar-refractivity contribution in [3.8, 4) is 0 Å². The Balaban J connectivity index is 2.98. The van der Waals surface area contributed by atoms with Crippen molar-refractivity contribution in [1.29, 1.82) is 0 Å². The van der Waals surface area contributed by atoms with Gasteiger partial charge in [-0.2, -0.15) is 0 Å². The maximum Gasteiger partial charge on any atom is 0.307 e. The Bertz CT molecular complexity index is 421. The third kappa shape index (κ3) is 3.87. The van der Waals surface area contributed by atoms with Crippen LogP contribution in [0.1, 0.15) is 24.9 Å². The molecule has 1 unspecified atom stereocenters. The van der Waals surface area contributed by atoms with Crippen LogP contribution in [0.2, 0.25) is 10.0 Å². The van der Waals surface area contributed by atoms with Crippen LogP contribution in [0.5, 0.6) is 0 Å². The van der Waals surface area contributed by atoms with E-state index in [2.05, 4.69) is 0 Å². The summed E-state index contributed by atoms with van der Waals surface area (Å²) in [6.45, 7) is 2.16. The lowest BCUT2D eigenvalue weighted by molar-refractivity contribution is -0.144. The zero-order valence-electron chi connectivity index (χ0n) is 10.7. The number of nitrogens with zero attached hydrogens (tertiary/aromatic N) is 1. The molecule has 0 spiro atoms. The molecule has 0 aliphatic heterocycles. The molecule has 18 heavy (non-hydrogen) atoms. The first-order chi connectivity index (χ1) is 8.47. The fraction of sp³-hybridized carbons (Fsp3) is 0.462. The van der Waals surface area contributed by atoms with Crippen LogP contribution in [-0.2, 0) is 9.53 Å². The van der Waals surface area contributed by atoms with Gasteiger partial charge in [0.25, 0.3) is 0 Å². The zero-order chi connectivity index (χ0) is 13.7. The summed E-state index contributed by atoms with van der Waals surface area (Å²) in [5.74, 6) is -0.243. The van der Waals surface area contributed by atoms with Crippen molar-refractivity contribution in [2.24, 2.45) is 0 Å². The van der Waals surface area contributed by atoms with E-state index in [-0.39, 0.29) is 18.4 Å². The van der Waals surface area contributed by atoms with E-state index in [1.54, 1.807) is 13.0 Å². The lowest BCUT2D eigenvalue weighted by Gasteiger charge is -2.25. The van der Waals surface area contributed by atoms with E-state index in [0.29, 0.717) is 16.7 Å². The van der Waals surface area contributed by atoms with Crippen molar-refractivity contribution in [3.63, 3.8) is 0 Å². The number of carbonyl (C=O) groups excluding carboxylic acids is 1. The van der Waals surface area contributed by atoms with Crippen LogP contribution in [0.25, 0.3) is 0 Å². The maximum absolute atomic E-state index is 11.6. The van der Waals surface area contributed by atoms with Gasteiger partial charge in [0.1, 0.15) is 0 Å². The fourth-order valence-corrected chi connectivity index (χ4v) is 2.16. The van der Waals surface area contributed by atoms with E-state index < -0.39 is 0 Å². The van der Waals surface area contributed by atoms with Crippen molar-refractivity contribution in [2.45, 2.75) is 19.4 Å². The van der Waals surface area contributed by atoms with Crippen LogP contribution in [0.15, 0.2) is 18.2 Å².